The van der Waals surface area contributed by atoms with E-state index >= 15 is 0 Å². The van der Waals surface area contributed by atoms with E-state index in [4.69, 9.17) is 4.74 Å². The zero-order valence-corrected chi connectivity index (χ0v) is 20.1. The number of thioether (sulfide) groups is 1. The molecule has 2 aromatic carbocycles. The maximum atomic E-state index is 12.5. The van der Waals surface area contributed by atoms with E-state index in [1.807, 2.05) is 61.7 Å². The van der Waals surface area contributed by atoms with E-state index in [2.05, 4.69) is 35.9 Å². The van der Waals surface area contributed by atoms with Gasteiger partial charge in [-0.15, -0.1) is 16.8 Å². The largest absolute Gasteiger partial charge is 0.483 e. The second-order valence-electron chi connectivity index (χ2n) is 7.90. The zero-order chi connectivity index (χ0) is 23.3. The third-order valence-corrected chi connectivity index (χ3v) is 6.18. The normalized spacial score (nSPS) is 11.8. The summed E-state index contributed by atoms with van der Waals surface area (Å²) in [7, 11) is 0. The summed E-state index contributed by atoms with van der Waals surface area (Å²) in [5.74, 6) is 1.63. The van der Waals surface area contributed by atoms with Crippen molar-refractivity contribution in [3.05, 3.63) is 77.1 Å². The first kappa shape index (κ1) is 23.6. The van der Waals surface area contributed by atoms with Crippen LogP contribution in [0.5, 0.6) is 5.75 Å². The fourth-order valence-electron chi connectivity index (χ4n) is 3.24. The van der Waals surface area contributed by atoms with Crippen LogP contribution in [0.4, 0.5) is 5.69 Å². The molecule has 1 unspecified atom stereocenters. The molecule has 7 heteroatoms. The molecule has 1 amide bonds. The van der Waals surface area contributed by atoms with Crippen LogP contribution in [0, 0.1) is 27.7 Å². The van der Waals surface area contributed by atoms with Crippen molar-refractivity contribution in [3.63, 3.8) is 0 Å². The number of rotatable bonds is 9. The Labute approximate surface area is 194 Å². The van der Waals surface area contributed by atoms with Gasteiger partial charge < -0.3 is 10.1 Å². The summed E-state index contributed by atoms with van der Waals surface area (Å²) in [4.78, 5) is 12.5. The van der Waals surface area contributed by atoms with Gasteiger partial charge in [-0.3, -0.25) is 9.36 Å². The average molecular weight is 451 g/mol. The molecule has 0 saturated carbocycles. The predicted molar refractivity (Wildman–Crippen MR) is 130 cm³/mol. The van der Waals surface area contributed by atoms with Gasteiger partial charge in [0.25, 0.3) is 0 Å². The van der Waals surface area contributed by atoms with E-state index in [-0.39, 0.29) is 17.8 Å². The number of amides is 1. The summed E-state index contributed by atoms with van der Waals surface area (Å²) in [5.41, 5.74) is 5.36. The van der Waals surface area contributed by atoms with Gasteiger partial charge in [-0.2, -0.15) is 0 Å². The van der Waals surface area contributed by atoms with Crippen LogP contribution in [0.15, 0.2) is 54.2 Å². The first-order valence-corrected chi connectivity index (χ1v) is 11.5. The quantitative estimate of drug-likeness (QED) is 0.341. The summed E-state index contributed by atoms with van der Waals surface area (Å²) in [5, 5.41) is 12.3. The Morgan fingerprint density at radius 1 is 1.12 bits per heavy atom. The van der Waals surface area contributed by atoms with Crippen LogP contribution >= 0.6 is 11.8 Å². The lowest BCUT2D eigenvalue weighted by Crippen LogP contribution is -2.16. The lowest BCUT2D eigenvalue weighted by Gasteiger charge is -2.16. The number of carbonyl (C=O) groups excluding carboxylic acids is 1. The minimum Gasteiger partial charge on any atom is -0.483 e. The van der Waals surface area contributed by atoms with E-state index in [9.17, 15) is 4.79 Å². The van der Waals surface area contributed by atoms with Crippen molar-refractivity contribution >= 4 is 23.4 Å². The van der Waals surface area contributed by atoms with E-state index in [1.165, 1.54) is 22.9 Å². The number of hydrogen-bond acceptors (Lipinski definition) is 5. The van der Waals surface area contributed by atoms with Gasteiger partial charge in [-0.05, 0) is 75.1 Å². The molecule has 3 aromatic rings. The second-order valence-corrected chi connectivity index (χ2v) is 8.84. The van der Waals surface area contributed by atoms with Crippen LogP contribution in [0.25, 0.3) is 0 Å². The monoisotopic (exact) mass is 450 g/mol. The Balaban J connectivity index is 1.69. The van der Waals surface area contributed by atoms with Gasteiger partial charge in [0.2, 0.25) is 5.91 Å². The Kier molecular flexibility index (Phi) is 7.75. The fourth-order valence-corrected chi connectivity index (χ4v) is 3.99. The number of nitrogens with one attached hydrogen (secondary N) is 1. The topological polar surface area (TPSA) is 69.0 Å². The molecule has 0 aliphatic rings. The lowest BCUT2D eigenvalue weighted by atomic mass is 10.1. The third kappa shape index (κ3) is 5.79. The van der Waals surface area contributed by atoms with Gasteiger partial charge in [0, 0.05) is 12.2 Å². The molecule has 0 aliphatic carbocycles. The minimum absolute atomic E-state index is 0.0853. The number of aromatic nitrogens is 3. The zero-order valence-electron chi connectivity index (χ0n) is 19.3. The molecule has 1 atom stereocenters. The van der Waals surface area contributed by atoms with E-state index in [0.717, 1.165) is 22.6 Å². The Hall–Kier alpha value is -3.06. The summed E-state index contributed by atoms with van der Waals surface area (Å²) in [6, 6.07) is 12.0. The molecule has 1 aromatic heterocycles. The summed E-state index contributed by atoms with van der Waals surface area (Å²) in [6.45, 7) is 14.4. The van der Waals surface area contributed by atoms with Crippen molar-refractivity contribution in [2.24, 2.45) is 0 Å². The number of nitrogens with zero attached hydrogens (tertiary/aromatic N) is 3. The Bertz CT molecular complexity index is 1120. The maximum Gasteiger partial charge on any atom is 0.234 e. The van der Waals surface area contributed by atoms with Crippen molar-refractivity contribution in [1.29, 1.82) is 0 Å². The van der Waals surface area contributed by atoms with Crippen LogP contribution < -0.4 is 10.1 Å². The Morgan fingerprint density at radius 3 is 2.59 bits per heavy atom. The smallest absolute Gasteiger partial charge is 0.234 e. The number of allylic oxidation sites excluding steroid dienone is 1. The first-order valence-electron chi connectivity index (χ1n) is 10.6. The summed E-state index contributed by atoms with van der Waals surface area (Å²) < 4.78 is 8.06. The van der Waals surface area contributed by atoms with Crippen LogP contribution in [-0.2, 0) is 11.3 Å². The highest BCUT2D eigenvalue weighted by atomic mass is 32.2. The van der Waals surface area contributed by atoms with Crippen LogP contribution in [0.2, 0.25) is 0 Å². The molecular formula is C25H30N4O2S. The van der Waals surface area contributed by atoms with Gasteiger partial charge in [0.15, 0.2) is 17.1 Å². The molecule has 6 nitrogen and oxygen atoms in total. The molecule has 0 saturated heterocycles. The number of ether oxygens (including phenoxy) is 1. The molecule has 3 rings (SSSR count). The van der Waals surface area contributed by atoms with Crippen molar-refractivity contribution in [1.82, 2.24) is 14.8 Å². The number of hydrogen-bond donors (Lipinski definition) is 1. The fraction of sp³-hybridized carbons (Fsp3) is 0.320. The number of benzene rings is 2. The van der Waals surface area contributed by atoms with Crippen LogP contribution in [0.1, 0.15) is 41.1 Å². The molecule has 1 heterocycles. The Morgan fingerprint density at radius 2 is 1.88 bits per heavy atom. The summed E-state index contributed by atoms with van der Waals surface area (Å²) in [6.07, 6.45) is 1.48. The molecule has 0 aliphatic heterocycles. The highest BCUT2D eigenvalue weighted by molar-refractivity contribution is 7.99. The molecule has 32 heavy (non-hydrogen) atoms. The average Bonchev–Trinajstić information content (AvgIpc) is 3.15. The van der Waals surface area contributed by atoms with E-state index in [1.54, 1.807) is 6.08 Å². The highest BCUT2D eigenvalue weighted by Crippen LogP contribution is 2.26. The summed E-state index contributed by atoms with van der Waals surface area (Å²) >= 11 is 1.35. The number of carbonyl (C=O) groups is 1. The first-order chi connectivity index (χ1) is 15.3. The minimum atomic E-state index is -0.303. The highest BCUT2D eigenvalue weighted by Gasteiger charge is 2.20. The number of aryl methyl sites for hydroxylation is 4. The van der Waals surface area contributed by atoms with Crippen molar-refractivity contribution in [2.75, 3.05) is 11.1 Å². The number of anilines is 1. The predicted octanol–water partition coefficient (Wildman–Crippen LogP) is 5.57. The van der Waals surface area contributed by atoms with Crippen molar-refractivity contribution in [2.45, 2.75) is 52.4 Å². The second kappa shape index (κ2) is 10.5. The molecule has 0 spiro atoms. The third-order valence-electron chi connectivity index (χ3n) is 5.21. The van der Waals surface area contributed by atoms with Gasteiger partial charge in [0.05, 0.1) is 5.75 Å². The lowest BCUT2D eigenvalue weighted by molar-refractivity contribution is -0.113. The molecule has 1 N–H and O–H groups in total. The van der Waals surface area contributed by atoms with Gasteiger partial charge >= 0.3 is 0 Å². The standard InChI is InChI=1S/C25H30N4O2S/c1-7-12-29-24(20(6)31-21-11-10-17(3)19(5)14-21)27-28-25(29)32-15-23(30)26-22-13-16(2)8-9-18(22)4/h7-11,13-14,20H,1,12,15H2,2-6H3,(H,26,30). The van der Waals surface area contributed by atoms with E-state index in [0.29, 0.717) is 17.5 Å². The van der Waals surface area contributed by atoms with E-state index < -0.39 is 0 Å². The molecule has 168 valence electrons. The van der Waals surface area contributed by atoms with Gasteiger partial charge in [-0.1, -0.05) is 36.0 Å². The molecular weight excluding hydrogens is 420 g/mol. The van der Waals surface area contributed by atoms with Crippen molar-refractivity contribution < 1.29 is 9.53 Å². The van der Waals surface area contributed by atoms with Gasteiger partial charge in [-0.25, -0.2) is 0 Å². The molecule has 0 bridgehead atoms. The molecule has 0 radical (unpaired) electrons. The SMILES string of the molecule is C=CCn1c(SCC(=O)Nc2cc(C)ccc2C)nnc1C(C)Oc1ccc(C)c(C)c1. The molecule has 0 fully saturated rings. The van der Waals surface area contributed by atoms with Crippen LogP contribution in [0.3, 0.4) is 0 Å². The van der Waals surface area contributed by atoms with Gasteiger partial charge in [0.1, 0.15) is 5.75 Å². The maximum absolute atomic E-state index is 12.5. The van der Waals surface area contributed by atoms with Crippen molar-refractivity contribution in [3.8, 4) is 5.75 Å². The van der Waals surface area contributed by atoms with Crippen LogP contribution in [-0.4, -0.2) is 26.4 Å².